The van der Waals surface area contributed by atoms with Gasteiger partial charge in [0.1, 0.15) is 23.4 Å². The van der Waals surface area contributed by atoms with Gasteiger partial charge in [-0.05, 0) is 81.4 Å². The van der Waals surface area contributed by atoms with Crippen molar-refractivity contribution in [1.29, 1.82) is 5.26 Å². The van der Waals surface area contributed by atoms with E-state index in [1.54, 1.807) is 11.3 Å². The molecule has 0 amide bonds. The van der Waals surface area contributed by atoms with Crippen LogP contribution in [0.2, 0.25) is 0 Å². The van der Waals surface area contributed by atoms with Crippen LogP contribution in [0.3, 0.4) is 0 Å². The van der Waals surface area contributed by atoms with Gasteiger partial charge >= 0.3 is 0 Å². The van der Waals surface area contributed by atoms with E-state index in [9.17, 15) is 5.26 Å². The Morgan fingerprint density at radius 3 is 2.69 bits per heavy atom. The molecule has 164 valence electrons. The summed E-state index contributed by atoms with van der Waals surface area (Å²) in [5, 5.41) is 10.6. The van der Waals surface area contributed by atoms with Gasteiger partial charge in [0.2, 0.25) is 0 Å². The maximum atomic E-state index is 9.78. The van der Waals surface area contributed by atoms with Crippen molar-refractivity contribution in [3.05, 3.63) is 80.1 Å². The fraction of sp³-hybridized carbons (Fsp3) is 0.333. The van der Waals surface area contributed by atoms with Crippen molar-refractivity contribution in [2.45, 2.75) is 46.6 Å². The fourth-order valence-electron chi connectivity index (χ4n) is 4.10. The highest BCUT2D eigenvalue weighted by Crippen LogP contribution is 2.44. The number of nitrogens with zero attached hydrogens (tertiary/aromatic N) is 2. The van der Waals surface area contributed by atoms with E-state index < -0.39 is 0 Å². The summed E-state index contributed by atoms with van der Waals surface area (Å²) in [6.45, 7) is 7.46. The minimum absolute atomic E-state index is 0.286. The van der Waals surface area contributed by atoms with Crippen LogP contribution in [0.25, 0.3) is 0 Å². The third-order valence-electron chi connectivity index (χ3n) is 6.11. The molecule has 0 fully saturated rings. The molecule has 3 aromatic rings. The number of benzene rings is 2. The Labute approximate surface area is 202 Å². The van der Waals surface area contributed by atoms with E-state index in [0.29, 0.717) is 12.5 Å². The van der Waals surface area contributed by atoms with Gasteiger partial charge in [0.05, 0.1) is 10.0 Å². The predicted octanol–water partition coefficient (Wildman–Crippen LogP) is 7.86. The summed E-state index contributed by atoms with van der Waals surface area (Å²) in [7, 11) is 0. The summed E-state index contributed by atoms with van der Waals surface area (Å²) >= 11 is 5.29. The van der Waals surface area contributed by atoms with E-state index in [0.717, 1.165) is 51.2 Å². The number of nitriles is 1. The first-order valence-electron chi connectivity index (χ1n) is 10.9. The topological polar surface area (TPSA) is 45.4 Å². The first-order valence-corrected chi connectivity index (χ1v) is 12.5. The molecule has 1 aliphatic rings. The zero-order valence-corrected chi connectivity index (χ0v) is 21.1. The smallest absolute Gasteiger partial charge is 0.134 e. The van der Waals surface area contributed by atoms with E-state index in [4.69, 9.17) is 9.73 Å². The molecular formula is C27H27BrN2OS. The molecule has 1 aliphatic carbocycles. The largest absolute Gasteiger partial charge is 0.488 e. The second-order valence-electron chi connectivity index (χ2n) is 9.32. The van der Waals surface area contributed by atoms with Gasteiger partial charge in [-0.3, -0.25) is 0 Å². The molecule has 5 heteroatoms. The van der Waals surface area contributed by atoms with Crippen LogP contribution in [0.15, 0.2) is 58.0 Å². The molecule has 0 bridgehead atoms. The van der Waals surface area contributed by atoms with Crippen LogP contribution in [0, 0.1) is 22.7 Å². The van der Waals surface area contributed by atoms with Crippen molar-refractivity contribution in [3.8, 4) is 11.8 Å². The van der Waals surface area contributed by atoms with Crippen LogP contribution in [0.1, 0.15) is 54.3 Å². The molecule has 32 heavy (non-hydrogen) atoms. The van der Waals surface area contributed by atoms with Crippen LogP contribution in [-0.2, 0) is 19.4 Å². The van der Waals surface area contributed by atoms with Crippen LogP contribution in [-0.4, -0.2) is 6.21 Å². The number of aliphatic imine (C=N–C) groups is 1. The van der Waals surface area contributed by atoms with Gasteiger partial charge in [0.15, 0.2) is 0 Å². The van der Waals surface area contributed by atoms with E-state index in [1.165, 1.54) is 10.4 Å². The first-order chi connectivity index (χ1) is 15.3. The van der Waals surface area contributed by atoms with Gasteiger partial charge in [-0.2, -0.15) is 5.26 Å². The zero-order chi connectivity index (χ0) is 22.7. The molecule has 4 rings (SSSR count). The van der Waals surface area contributed by atoms with Gasteiger partial charge in [0, 0.05) is 11.1 Å². The van der Waals surface area contributed by atoms with Crippen molar-refractivity contribution in [2.75, 3.05) is 0 Å². The quantitative estimate of drug-likeness (QED) is 0.330. The summed E-state index contributed by atoms with van der Waals surface area (Å²) < 4.78 is 6.82. The Balaban J connectivity index is 1.49. The molecule has 0 spiro atoms. The van der Waals surface area contributed by atoms with Gasteiger partial charge in [-0.15, -0.1) is 11.3 Å². The average molecular weight is 507 g/mol. The Morgan fingerprint density at radius 2 is 2.00 bits per heavy atom. The predicted molar refractivity (Wildman–Crippen MR) is 136 cm³/mol. The van der Waals surface area contributed by atoms with E-state index in [1.807, 2.05) is 54.7 Å². The standard InChI is InChI=1S/C27H27BrN2OS/c1-27(2,3)20-10-11-21-22(15-29)26(32-25(21)14-20)30-16-19-9-12-24(23(28)13-19)31-17-18-7-5-4-6-8-18/h4-9,12-13,16,20H,10-11,14,17H2,1-3H3/t20-/m0/s1. The molecule has 0 N–H and O–H groups in total. The highest BCUT2D eigenvalue weighted by atomic mass is 79.9. The molecule has 2 aromatic carbocycles. The number of hydrogen-bond donors (Lipinski definition) is 0. The van der Waals surface area contributed by atoms with Gasteiger partial charge < -0.3 is 4.74 Å². The van der Waals surface area contributed by atoms with Crippen molar-refractivity contribution in [2.24, 2.45) is 16.3 Å². The number of fused-ring (bicyclic) bond motifs is 1. The second kappa shape index (κ2) is 9.60. The highest BCUT2D eigenvalue weighted by molar-refractivity contribution is 9.10. The number of hydrogen-bond acceptors (Lipinski definition) is 4. The highest BCUT2D eigenvalue weighted by Gasteiger charge is 2.32. The summed E-state index contributed by atoms with van der Waals surface area (Å²) in [5.41, 5.74) is 4.36. The molecule has 0 aliphatic heterocycles. The van der Waals surface area contributed by atoms with Gasteiger partial charge in [-0.25, -0.2) is 4.99 Å². The first kappa shape index (κ1) is 22.8. The van der Waals surface area contributed by atoms with Crippen LogP contribution in [0.5, 0.6) is 5.75 Å². The third-order valence-corrected chi connectivity index (χ3v) is 7.89. The normalized spacial score (nSPS) is 16.0. The Hall–Kier alpha value is -2.42. The Bertz CT molecular complexity index is 1170. The lowest BCUT2D eigenvalue weighted by molar-refractivity contribution is 0.218. The lowest BCUT2D eigenvalue weighted by atomic mass is 9.72. The summed E-state index contributed by atoms with van der Waals surface area (Å²) in [6, 6.07) is 18.5. The van der Waals surface area contributed by atoms with Crippen molar-refractivity contribution in [1.82, 2.24) is 0 Å². The molecule has 0 unspecified atom stereocenters. The monoisotopic (exact) mass is 506 g/mol. The minimum atomic E-state index is 0.286. The molecule has 0 saturated heterocycles. The lowest BCUT2D eigenvalue weighted by Crippen LogP contribution is -2.26. The number of halogens is 1. The molecule has 3 nitrogen and oxygen atoms in total. The van der Waals surface area contributed by atoms with Gasteiger partial charge in [0.25, 0.3) is 0 Å². The zero-order valence-electron chi connectivity index (χ0n) is 18.7. The summed E-state index contributed by atoms with van der Waals surface area (Å²) in [5.74, 6) is 1.44. The summed E-state index contributed by atoms with van der Waals surface area (Å²) in [4.78, 5) is 6.05. The molecule has 0 radical (unpaired) electrons. The molecular weight excluding hydrogens is 480 g/mol. The average Bonchev–Trinajstić information content (AvgIpc) is 3.14. The third kappa shape index (κ3) is 5.14. The summed E-state index contributed by atoms with van der Waals surface area (Å²) in [6.07, 6.45) is 5.01. The second-order valence-corrected chi connectivity index (χ2v) is 11.3. The number of thiophene rings is 1. The Morgan fingerprint density at radius 1 is 1.22 bits per heavy atom. The van der Waals surface area contributed by atoms with Crippen molar-refractivity contribution >= 4 is 38.5 Å². The molecule has 0 saturated carbocycles. The lowest BCUT2D eigenvalue weighted by Gasteiger charge is -2.33. The SMILES string of the molecule is CC(C)(C)[C@H]1CCc2c(sc(N=Cc3ccc(OCc4ccccc4)c(Br)c3)c2C#N)C1. The minimum Gasteiger partial charge on any atom is -0.488 e. The molecule has 1 aromatic heterocycles. The van der Waals surface area contributed by atoms with E-state index in [2.05, 4.69) is 42.8 Å². The van der Waals surface area contributed by atoms with Crippen LogP contribution < -0.4 is 4.74 Å². The van der Waals surface area contributed by atoms with Crippen LogP contribution >= 0.6 is 27.3 Å². The van der Waals surface area contributed by atoms with E-state index in [-0.39, 0.29) is 5.41 Å². The maximum Gasteiger partial charge on any atom is 0.134 e. The number of ether oxygens (including phenoxy) is 1. The van der Waals surface area contributed by atoms with Crippen LogP contribution in [0.4, 0.5) is 5.00 Å². The molecule has 1 atom stereocenters. The van der Waals surface area contributed by atoms with Gasteiger partial charge in [-0.1, -0.05) is 51.1 Å². The Kier molecular flexibility index (Phi) is 6.83. The van der Waals surface area contributed by atoms with Crippen molar-refractivity contribution < 1.29 is 4.74 Å². The number of rotatable bonds is 5. The fourth-order valence-corrected chi connectivity index (χ4v) is 5.83. The maximum absolute atomic E-state index is 9.78. The van der Waals surface area contributed by atoms with Crippen molar-refractivity contribution in [3.63, 3.8) is 0 Å². The van der Waals surface area contributed by atoms with E-state index >= 15 is 0 Å². The molecule has 1 heterocycles.